The Balaban J connectivity index is 3.58. The number of hydrogen-bond donors (Lipinski definition) is 1. The maximum atomic E-state index is 11.7. The van der Waals surface area contributed by atoms with Gasteiger partial charge >= 0.3 is 0 Å². The van der Waals surface area contributed by atoms with Crippen molar-refractivity contribution in [3.8, 4) is 0 Å². The fourth-order valence-electron chi connectivity index (χ4n) is 0.126. The molecular weight excluding hydrogens is 111 g/mol. The van der Waals surface area contributed by atoms with Crippen LogP contribution in [0, 0.1) is 5.41 Å². The van der Waals surface area contributed by atoms with E-state index in [0.717, 1.165) is 0 Å². The molecule has 0 aliphatic heterocycles. The van der Waals surface area contributed by atoms with Crippen LogP contribution in [0.2, 0.25) is 0 Å². The van der Waals surface area contributed by atoms with Crippen LogP contribution >= 0.6 is 0 Å². The molecule has 0 saturated heterocycles. The predicted octanol–water partition coefficient (Wildman–Crippen LogP) is 0.385. The van der Waals surface area contributed by atoms with Gasteiger partial charge in [0.1, 0.15) is 0 Å². The van der Waals surface area contributed by atoms with Crippen LogP contribution < -0.4 is 0 Å². The SMILES string of the molecule is CC(C[O])(CO)CF. The zero-order valence-corrected chi connectivity index (χ0v) is 4.85. The largest absolute Gasteiger partial charge is 0.396 e. The number of alkyl halides is 1. The van der Waals surface area contributed by atoms with Crippen molar-refractivity contribution < 1.29 is 14.6 Å². The maximum Gasteiger partial charge on any atom is 0.0993 e. The molecule has 1 N–H and O–H groups in total. The van der Waals surface area contributed by atoms with Crippen molar-refractivity contribution in [3.05, 3.63) is 0 Å². The Morgan fingerprint density at radius 3 is 2.25 bits per heavy atom. The third-order valence-corrected chi connectivity index (χ3v) is 1.05. The van der Waals surface area contributed by atoms with Crippen LogP contribution in [0.25, 0.3) is 0 Å². The smallest absolute Gasteiger partial charge is 0.0993 e. The number of aliphatic hydroxyl groups excluding tert-OH is 1. The summed E-state index contributed by atoms with van der Waals surface area (Å²) in [6.45, 7) is -0.250. The van der Waals surface area contributed by atoms with Crippen LogP contribution in [0.4, 0.5) is 4.39 Å². The summed E-state index contributed by atoms with van der Waals surface area (Å²) in [5.41, 5.74) is -1.04. The van der Waals surface area contributed by atoms with Crippen LogP contribution in [0.1, 0.15) is 6.92 Å². The lowest BCUT2D eigenvalue weighted by Crippen LogP contribution is -2.27. The zero-order chi connectivity index (χ0) is 6.62. The topological polar surface area (TPSA) is 40.1 Å². The van der Waals surface area contributed by atoms with E-state index in [1.165, 1.54) is 6.92 Å². The first-order valence-electron chi connectivity index (χ1n) is 2.43. The molecule has 0 heterocycles. The number of rotatable bonds is 3. The fourth-order valence-corrected chi connectivity index (χ4v) is 0.126. The van der Waals surface area contributed by atoms with E-state index in [-0.39, 0.29) is 6.61 Å². The van der Waals surface area contributed by atoms with Gasteiger partial charge in [-0.25, -0.2) is 5.11 Å². The van der Waals surface area contributed by atoms with E-state index in [9.17, 15) is 9.50 Å². The summed E-state index contributed by atoms with van der Waals surface area (Å²) < 4.78 is 11.7. The summed E-state index contributed by atoms with van der Waals surface area (Å²) in [4.78, 5) is 0. The van der Waals surface area contributed by atoms with Gasteiger partial charge in [0.05, 0.1) is 19.9 Å². The zero-order valence-electron chi connectivity index (χ0n) is 4.85. The Bertz CT molecular complexity index is 53.2. The van der Waals surface area contributed by atoms with Crippen molar-refractivity contribution >= 4 is 0 Å². The molecule has 0 aliphatic carbocycles. The first-order chi connectivity index (χ1) is 3.68. The minimum atomic E-state index is -1.04. The van der Waals surface area contributed by atoms with E-state index in [2.05, 4.69) is 0 Å². The lowest BCUT2D eigenvalue weighted by molar-refractivity contribution is 0.0161. The summed E-state index contributed by atoms with van der Waals surface area (Å²) in [7, 11) is 0. The molecule has 0 amide bonds. The molecule has 8 heavy (non-hydrogen) atoms. The minimum Gasteiger partial charge on any atom is -0.396 e. The van der Waals surface area contributed by atoms with Crippen LogP contribution in [0.5, 0.6) is 0 Å². The van der Waals surface area contributed by atoms with Crippen LogP contribution in [-0.4, -0.2) is 25.0 Å². The molecule has 1 unspecified atom stereocenters. The van der Waals surface area contributed by atoms with E-state index in [4.69, 9.17) is 5.11 Å². The van der Waals surface area contributed by atoms with Crippen molar-refractivity contribution in [2.24, 2.45) is 5.41 Å². The Labute approximate surface area is 48.0 Å². The van der Waals surface area contributed by atoms with Gasteiger partial charge in [0, 0.05) is 5.41 Å². The molecule has 1 radical (unpaired) electrons. The molecule has 1 atom stereocenters. The first-order valence-corrected chi connectivity index (χ1v) is 2.43. The average Bonchev–Trinajstić information content (AvgIpc) is 1.87. The van der Waals surface area contributed by atoms with Crippen molar-refractivity contribution in [2.45, 2.75) is 6.92 Å². The second-order valence-electron chi connectivity index (χ2n) is 2.25. The van der Waals surface area contributed by atoms with Crippen molar-refractivity contribution in [3.63, 3.8) is 0 Å². The molecule has 0 saturated carbocycles. The normalized spacial score (nSPS) is 12.0. The Morgan fingerprint density at radius 2 is 2.25 bits per heavy atom. The second kappa shape index (κ2) is 2.99. The van der Waals surface area contributed by atoms with Crippen LogP contribution in [0.15, 0.2) is 0 Å². The molecule has 0 aromatic rings. The Kier molecular flexibility index (Phi) is 2.94. The highest BCUT2D eigenvalue weighted by Crippen LogP contribution is 2.13. The van der Waals surface area contributed by atoms with E-state index in [1.807, 2.05) is 0 Å². The molecule has 49 valence electrons. The molecule has 0 fully saturated rings. The number of aliphatic hydroxyl groups is 1. The lowest BCUT2D eigenvalue weighted by Gasteiger charge is -2.17. The monoisotopic (exact) mass is 121 g/mol. The van der Waals surface area contributed by atoms with Gasteiger partial charge in [-0.15, -0.1) is 0 Å². The molecule has 3 heteroatoms. The molecule has 0 aromatic carbocycles. The first kappa shape index (κ1) is 7.85. The summed E-state index contributed by atoms with van der Waals surface area (Å²) >= 11 is 0. The lowest BCUT2D eigenvalue weighted by atomic mass is 9.96. The number of halogens is 1. The van der Waals surface area contributed by atoms with Gasteiger partial charge in [0.15, 0.2) is 0 Å². The molecule has 0 bridgehead atoms. The summed E-state index contributed by atoms with van der Waals surface area (Å²) in [6, 6.07) is 0. The van der Waals surface area contributed by atoms with E-state index in [0.29, 0.717) is 0 Å². The molecule has 0 rings (SSSR count). The highest BCUT2D eigenvalue weighted by Gasteiger charge is 2.22. The van der Waals surface area contributed by atoms with E-state index in [1.54, 1.807) is 0 Å². The van der Waals surface area contributed by atoms with Gasteiger partial charge in [-0.3, -0.25) is 4.39 Å². The Morgan fingerprint density at radius 1 is 1.75 bits per heavy atom. The van der Waals surface area contributed by atoms with Gasteiger partial charge in [-0.1, -0.05) is 6.92 Å². The molecule has 0 aliphatic rings. The quantitative estimate of drug-likeness (QED) is 0.576. The highest BCUT2D eigenvalue weighted by atomic mass is 19.1. The molecular formula is C5H10FO2. The van der Waals surface area contributed by atoms with Gasteiger partial charge in [0.2, 0.25) is 0 Å². The van der Waals surface area contributed by atoms with Crippen molar-refractivity contribution in [2.75, 3.05) is 19.9 Å². The second-order valence-corrected chi connectivity index (χ2v) is 2.25. The van der Waals surface area contributed by atoms with E-state index >= 15 is 0 Å². The summed E-state index contributed by atoms with van der Waals surface area (Å²) in [6.07, 6.45) is 0. The standard InChI is InChI=1S/C5H10FO2/c1-5(2-6,3-7)4-8/h7H,2-4H2,1H3. The Hall–Kier alpha value is -0.150. The molecule has 2 nitrogen and oxygen atoms in total. The molecule has 0 aromatic heterocycles. The van der Waals surface area contributed by atoms with Gasteiger partial charge in [-0.05, 0) is 0 Å². The summed E-state index contributed by atoms with van der Waals surface area (Å²) in [5.74, 6) is 0. The third-order valence-electron chi connectivity index (χ3n) is 1.05. The number of hydrogen-bond acceptors (Lipinski definition) is 1. The van der Waals surface area contributed by atoms with Crippen LogP contribution in [0.3, 0.4) is 0 Å². The third kappa shape index (κ3) is 1.76. The predicted molar refractivity (Wildman–Crippen MR) is 26.7 cm³/mol. The summed E-state index contributed by atoms with van der Waals surface area (Å²) in [5, 5.41) is 18.4. The van der Waals surface area contributed by atoms with Crippen molar-refractivity contribution in [1.82, 2.24) is 0 Å². The highest BCUT2D eigenvalue weighted by molar-refractivity contribution is 4.69. The van der Waals surface area contributed by atoms with E-state index < -0.39 is 18.7 Å². The minimum absolute atomic E-state index is 0.368. The maximum absolute atomic E-state index is 11.7. The van der Waals surface area contributed by atoms with Gasteiger partial charge in [0.25, 0.3) is 0 Å². The fraction of sp³-hybridized carbons (Fsp3) is 1.00. The van der Waals surface area contributed by atoms with Gasteiger partial charge < -0.3 is 5.11 Å². The van der Waals surface area contributed by atoms with Crippen molar-refractivity contribution in [1.29, 1.82) is 0 Å². The average molecular weight is 121 g/mol. The van der Waals surface area contributed by atoms with Crippen LogP contribution in [-0.2, 0) is 5.11 Å². The van der Waals surface area contributed by atoms with Gasteiger partial charge in [-0.2, -0.15) is 0 Å². The molecule has 0 spiro atoms.